The van der Waals surface area contributed by atoms with E-state index in [-0.39, 0.29) is 12.4 Å². The maximum Gasteiger partial charge on any atom is 0.208 e. The molecule has 98 valence electrons. The van der Waals surface area contributed by atoms with Crippen LogP contribution in [0.3, 0.4) is 0 Å². The molecular formula is C10H12FN3O2S2. The first-order chi connectivity index (χ1) is 8.37. The minimum Gasteiger partial charge on any atom is -0.330 e. The van der Waals surface area contributed by atoms with E-state index in [4.69, 9.17) is 12.2 Å². The number of aromatic nitrogens is 2. The number of nitrogens with zero attached hydrogens (tertiary/aromatic N) is 1. The van der Waals surface area contributed by atoms with Crippen molar-refractivity contribution in [3.05, 3.63) is 28.8 Å². The Morgan fingerprint density at radius 1 is 1.50 bits per heavy atom. The maximum atomic E-state index is 13.0. The maximum absolute atomic E-state index is 13.0. The Kier molecular flexibility index (Phi) is 3.51. The molecule has 5 nitrogen and oxygen atoms in total. The number of hydrogen-bond acceptors (Lipinski definition) is 3. The van der Waals surface area contributed by atoms with Crippen molar-refractivity contribution in [1.82, 2.24) is 14.3 Å². The van der Waals surface area contributed by atoms with Gasteiger partial charge in [-0.3, -0.25) is 0 Å². The number of nitrogens with one attached hydrogen (secondary N) is 2. The highest BCUT2D eigenvalue weighted by molar-refractivity contribution is 7.88. The summed E-state index contributed by atoms with van der Waals surface area (Å²) in [6, 6.07) is 4.30. The van der Waals surface area contributed by atoms with Gasteiger partial charge in [-0.1, -0.05) is 0 Å². The van der Waals surface area contributed by atoms with Crippen LogP contribution in [0.5, 0.6) is 0 Å². The summed E-state index contributed by atoms with van der Waals surface area (Å²) in [7, 11) is -3.22. The lowest BCUT2D eigenvalue weighted by atomic mass is 10.3. The highest BCUT2D eigenvalue weighted by Gasteiger charge is 2.06. The smallest absolute Gasteiger partial charge is 0.208 e. The van der Waals surface area contributed by atoms with E-state index in [0.29, 0.717) is 16.8 Å². The minimum atomic E-state index is -3.22. The first kappa shape index (κ1) is 13.2. The summed E-state index contributed by atoms with van der Waals surface area (Å²) in [5, 5.41) is 0. The van der Waals surface area contributed by atoms with Crippen LogP contribution in [0.25, 0.3) is 11.0 Å². The highest BCUT2D eigenvalue weighted by atomic mass is 32.2. The van der Waals surface area contributed by atoms with E-state index >= 15 is 0 Å². The molecule has 0 radical (unpaired) electrons. The van der Waals surface area contributed by atoms with Crippen molar-refractivity contribution in [1.29, 1.82) is 0 Å². The van der Waals surface area contributed by atoms with Gasteiger partial charge < -0.3 is 9.55 Å². The molecule has 0 amide bonds. The zero-order chi connectivity index (χ0) is 13.3. The van der Waals surface area contributed by atoms with E-state index in [1.165, 1.54) is 12.1 Å². The number of sulfonamides is 1. The molecule has 18 heavy (non-hydrogen) atoms. The van der Waals surface area contributed by atoms with E-state index in [1.807, 2.05) is 0 Å². The molecule has 0 bridgehead atoms. The molecule has 0 aliphatic heterocycles. The molecule has 0 fully saturated rings. The second-order valence-corrected chi connectivity index (χ2v) is 6.13. The van der Waals surface area contributed by atoms with Crippen LogP contribution in [0.15, 0.2) is 18.2 Å². The van der Waals surface area contributed by atoms with E-state index in [1.54, 1.807) is 10.6 Å². The highest BCUT2D eigenvalue weighted by Crippen LogP contribution is 2.15. The van der Waals surface area contributed by atoms with Crippen molar-refractivity contribution >= 4 is 33.3 Å². The first-order valence-electron chi connectivity index (χ1n) is 5.19. The third kappa shape index (κ3) is 2.95. The number of halogens is 1. The van der Waals surface area contributed by atoms with Gasteiger partial charge >= 0.3 is 0 Å². The Balaban J connectivity index is 2.28. The van der Waals surface area contributed by atoms with Crippen LogP contribution < -0.4 is 4.72 Å². The van der Waals surface area contributed by atoms with Crippen LogP contribution in [0.1, 0.15) is 0 Å². The quantitative estimate of drug-likeness (QED) is 0.836. The zero-order valence-corrected chi connectivity index (χ0v) is 11.2. The fourth-order valence-corrected chi connectivity index (χ4v) is 2.46. The summed E-state index contributed by atoms with van der Waals surface area (Å²) in [5.41, 5.74) is 1.34. The molecule has 0 spiro atoms. The third-order valence-corrected chi connectivity index (χ3v) is 3.49. The fourth-order valence-electron chi connectivity index (χ4n) is 1.70. The van der Waals surface area contributed by atoms with Gasteiger partial charge in [-0.2, -0.15) is 0 Å². The van der Waals surface area contributed by atoms with Gasteiger partial charge in [-0.15, -0.1) is 0 Å². The molecule has 1 aromatic heterocycles. The number of fused-ring (bicyclic) bond motifs is 1. The average molecular weight is 289 g/mol. The zero-order valence-electron chi connectivity index (χ0n) is 9.60. The Morgan fingerprint density at radius 3 is 2.89 bits per heavy atom. The summed E-state index contributed by atoms with van der Waals surface area (Å²) in [6.07, 6.45) is 1.09. The monoisotopic (exact) mass is 289 g/mol. The summed E-state index contributed by atoms with van der Waals surface area (Å²) >= 11 is 5.11. The van der Waals surface area contributed by atoms with Crippen molar-refractivity contribution < 1.29 is 12.8 Å². The van der Waals surface area contributed by atoms with Crippen molar-refractivity contribution in [2.75, 3.05) is 12.8 Å². The van der Waals surface area contributed by atoms with Crippen molar-refractivity contribution in [2.45, 2.75) is 6.54 Å². The SMILES string of the molecule is CS(=O)(=O)NCCn1c(=S)[nH]c2cc(F)ccc21. The second-order valence-electron chi connectivity index (χ2n) is 3.91. The Morgan fingerprint density at radius 2 is 2.22 bits per heavy atom. The second kappa shape index (κ2) is 4.79. The predicted molar refractivity (Wildman–Crippen MR) is 69.9 cm³/mol. The lowest BCUT2D eigenvalue weighted by Crippen LogP contribution is -2.26. The summed E-state index contributed by atoms with van der Waals surface area (Å²) in [5.74, 6) is -0.347. The lowest BCUT2D eigenvalue weighted by molar-refractivity contribution is 0.579. The molecule has 2 rings (SSSR count). The van der Waals surface area contributed by atoms with E-state index in [2.05, 4.69) is 9.71 Å². The van der Waals surface area contributed by atoms with E-state index < -0.39 is 10.0 Å². The first-order valence-corrected chi connectivity index (χ1v) is 7.49. The van der Waals surface area contributed by atoms with Crippen molar-refractivity contribution in [3.8, 4) is 0 Å². The Hall–Kier alpha value is -1.25. The molecule has 0 saturated heterocycles. The Labute approximate surface area is 109 Å². The molecule has 0 aliphatic carbocycles. The van der Waals surface area contributed by atoms with Gasteiger partial charge in [0.15, 0.2) is 4.77 Å². The van der Waals surface area contributed by atoms with Gasteiger partial charge in [0.1, 0.15) is 5.82 Å². The van der Waals surface area contributed by atoms with Crippen molar-refractivity contribution in [3.63, 3.8) is 0 Å². The molecule has 0 aliphatic rings. The van der Waals surface area contributed by atoms with Crippen LogP contribution in [0, 0.1) is 10.6 Å². The summed E-state index contributed by atoms with van der Waals surface area (Å²) in [6.45, 7) is 0.620. The number of benzene rings is 1. The molecule has 2 N–H and O–H groups in total. The normalized spacial score (nSPS) is 12.1. The van der Waals surface area contributed by atoms with E-state index in [9.17, 15) is 12.8 Å². The van der Waals surface area contributed by atoms with Crippen LogP contribution in [-0.4, -0.2) is 30.8 Å². The van der Waals surface area contributed by atoms with E-state index in [0.717, 1.165) is 11.8 Å². The summed E-state index contributed by atoms with van der Waals surface area (Å²) in [4.78, 5) is 2.88. The molecule has 0 saturated carbocycles. The molecule has 8 heteroatoms. The number of rotatable bonds is 4. The van der Waals surface area contributed by atoms with Gasteiger partial charge in [0.25, 0.3) is 0 Å². The lowest BCUT2D eigenvalue weighted by Gasteiger charge is -2.05. The average Bonchev–Trinajstić information content (AvgIpc) is 2.52. The molecular weight excluding hydrogens is 277 g/mol. The number of aromatic amines is 1. The number of H-pyrrole nitrogens is 1. The number of hydrogen-bond donors (Lipinski definition) is 2. The molecule has 2 aromatic rings. The van der Waals surface area contributed by atoms with Gasteiger partial charge in [-0.25, -0.2) is 17.5 Å². The van der Waals surface area contributed by atoms with Gasteiger partial charge in [-0.05, 0) is 30.4 Å². The van der Waals surface area contributed by atoms with Gasteiger partial charge in [0.2, 0.25) is 10.0 Å². The number of imidazole rings is 1. The van der Waals surface area contributed by atoms with Crippen molar-refractivity contribution in [2.24, 2.45) is 0 Å². The van der Waals surface area contributed by atoms with Crippen LogP contribution in [0.2, 0.25) is 0 Å². The van der Waals surface area contributed by atoms with Crippen LogP contribution in [0.4, 0.5) is 4.39 Å². The van der Waals surface area contributed by atoms with Gasteiger partial charge in [0, 0.05) is 13.1 Å². The summed E-state index contributed by atoms with van der Waals surface area (Å²) < 4.78 is 39.5. The molecule has 1 aromatic carbocycles. The molecule has 0 atom stereocenters. The van der Waals surface area contributed by atoms with Crippen LogP contribution >= 0.6 is 12.2 Å². The fraction of sp³-hybridized carbons (Fsp3) is 0.300. The third-order valence-electron chi connectivity index (χ3n) is 2.44. The topological polar surface area (TPSA) is 66.9 Å². The van der Waals surface area contributed by atoms with Gasteiger partial charge in [0.05, 0.1) is 17.3 Å². The standard InChI is InChI=1S/C10H12FN3O2S2/c1-18(15,16)12-4-5-14-9-3-2-7(11)6-8(9)13-10(14)17/h2-3,6,12H,4-5H2,1H3,(H,13,17). The minimum absolute atomic E-state index is 0.234. The molecule has 0 unspecified atom stereocenters. The molecule has 1 heterocycles. The Bertz CT molecular complexity index is 733. The predicted octanol–water partition coefficient (Wildman–Crippen LogP) is 1.39. The largest absolute Gasteiger partial charge is 0.330 e. The van der Waals surface area contributed by atoms with Crippen LogP contribution in [-0.2, 0) is 16.6 Å².